The van der Waals surface area contributed by atoms with Crippen LogP contribution in [0.1, 0.15) is 37.0 Å². The monoisotopic (exact) mass is 466 g/mol. The number of benzene rings is 3. The number of hydrogen-bond acceptors (Lipinski definition) is 5. The van der Waals surface area contributed by atoms with Crippen LogP contribution in [-0.2, 0) is 11.8 Å². The average Bonchev–Trinajstić information content (AvgIpc) is 3.25. The van der Waals surface area contributed by atoms with Gasteiger partial charge in [-0.25, -0.2) is 4.98 Å². The van der Waals surface area contributed by atoms with Crippen LogP contribution >= 0.6 is 11.8 Å². The van der Waals surface area contributed by atoms with Crippen LogP contribution in [0.15, 0.2) is 83.9 Å². The number of thioether (sulfide) groups is 1. The van der Waals surface area contributed by atoms with Crippen LogP contribution in [0.25, 0.3) is 10.9 Å². The first-order valence-electron chi connectivity index (χ1n) is 11.7. The first-order valence-corrected chi connectivity index (χ1v) is 12.6. The van der Waals surface area contributed by atoms with Crippen LogP contribution < -0.4 is 4.74 Å². The smallest absolute Gasteiger partial charge is 0.219 e. The number of aromatic nitrogens is 1. The Morgan fingerprint density at radius 2 is 1.82 bits per heavy atom. The van der Waals surface area contributed by atoms with Crippen LogP contribution in [0.3, 0.4) is 0 Å². The normalized spacial score (nSPS) is 20.8. The third-order valence-electron chi connectivity index (χ3n) is 6.98. The number of phenolic OH excluding ortho intramolecular Hbond substituents is 1. The number of ether oxygens (including phenoxy) is 1. The third-order valence-corrected chi connectivity index (χ3v) is 8.70. The molecule has 3 aromatic carbocycles. The van der Waals surface area contributed by atoms with E-state index >= 15 is 0 Å². The largest absolute Gasteiger partial charge is 0.506 e. The van der Waals surface area contributed by atoms with Gasteiger partial charge in [0, 0.05) is 27.7 Å². The highest BCUT2D eigenvalue weighted by Crippen LogP contribution is 2.47. The van der Waals surface area contributed by atoms with E-state index < -0.39 is 0 Å². The summed E-state index contributed by atoms with van der Waals surface area (Å²) in [4.78, 5) is 9.69. The molecule has 1 aliphatic heterocycles. The lowest BCUT2D eigenvalue weighted by atomic mass is 9.78. The zero-order valence-corrected chi connectivity index (χ0v) is 20.0. The van der Waals surface area contributed by atoms with Crippen molar-refractivity contribution in [2.24, 2.45) is 4.99 Å². The molecule has 6 rings (SSSR count). The van der Waals surface area contributed by atoms with E-state index in [2.05, 4.69) is 49.2 Å². The minimum Gasteiger partial charge on any atom is -0.506 e. The second kappa shape index (κ2) is 8.17. The number of aromatic hydroxyl groups is 1. The predicted molar refractivity (Wildman–Crippen MR) is 139 cm³/mol. The molecule has 0 saturated heterocycles. The number of para-hydroxylation sites is 1. The SMILES string of the molecule is CC1(C)c2ccccc2CC[C@@H]2N=C(c3cccc(Oc4ccc5cccc(O)c5n4)c3)S[C@H]21. The molecule has 0 amide bonds. The summed E-state index contributed by atoms with van der Waals surface area (Å²) in [5, 5.41) is 12.5. The van der Waals surface area contributed by atoms with Gasteiger partial charge in [0.1, 0.15) is 17.0 Å². The molecule has 0 saturated carbocycles. The predicted octanol–water partition coefficient (Wildman–Crippen LogP) is 6.89. The summed E-state index contributed by atoms with van der Waals surface area (Å²) in [6.45, 7) is 4.72. The number of fused-ring (bicyclic) bond motifs is 3. The highest BCUT2D eigenvalue weighted by atomic mass is 32.2. The quantitative estimate of drug-likeness (QED) is 0.357. The van der Waals surface area contributed by atoms with E-state index in [9.17, 15) is 5.11 Å². The van der Waals surface area contributed by atoms with E-state index in [0.717, 1.165) is 28.8 Å². The molecule has 0 unspecified atom stereocenters. The van der Waals surface area contributed by atoms with Crippen molar-refractivity contribution in [3.05, 3.63) is 95.6 Å². The molecule has 34 heavy (non-hydrogen) atoms. The summed E-state index contributed by atoms with van der Waals surface area (Å²) >= 11 is 1.90. The van der Waals surface area contributed by atoms with Crippen LogP contribution in [0.5, 0.6) is 17.4 Å². The van der Waals surface area contributed by atoms with Crippen LogP contribution in [0.4, 0.5) is 0 Å². The highest BCUT2D eigenvalue weighted by Gasteiger charge is 2.44. The number of pyridine rings is 1. The van der Waals surface area contributed by atoms with Crippen molar-refractivity contribution in [2.45, 2.75) is 43.4 Å². The van der Waals surface area contributed by atoms with E-state index in [1.54, 1.807) is 6.07 Å². The lowest BCUT2D eigenvalue weighted by Crippen LogP contribution is -2.36. The van der Waals surface area contributed by atoms with Gasteiger partial charge in [-0.3, -0.25) is 4.99 Å². The number of aryl methyl sites for hydroxylation is 1. The first-order chi connectivity index (χ1) is 16.5. The summed E-state index contributed by atoms with van der Waals surface area (Å²) in [5.74, 6) is 1.31. The van der Waals surface area contributed by atoms with E-state index in [4.69, 9.17) is 9.73 Å². The Labute approximate surface area is 203 Å². The fourth-order valence-electron chi connectivity index (χ4n) is 5.24. The van der Waals surface area contributed by atoms with Crippen LogP contribution in [0, 0.1) is 0 Å². The fourth-order valence-corrected chi connectivity index (χ4v) is 6.72. The van der Waals surface area contributed by atoms with Crippen LogP contribution in [0.2, 0.25) is 0 Å². The van der Waals surface area contributed by atoms with Crippen molar-refractivity contribution >= 4 is 27.7 Å². The Kier molecular flexibility index (Phi) is 5.10. The number of phenols is 1. The van der Waals surface area contributed by atoms with Gasteiger partial charge < -0.3 is 9.84 Å². The van der Waals surface area contributed by atoms with Gasteiger partial charge in [-0.2, -0.15) is 0 Å². The first kappa shape index (κ1) is 21.2. The molecule has 1 aromatic heterocycles. The lowest BCUT2D eigenvalue weighted by Gasteiger charge is -2.33. The second-order valence-corrected chi connectivity index (χ2v) is 10.7. The van der Waals surface area contributed by atoms with Gasteiger partial charge in [-0.15, -0.1) is 0 Å². The summed E-state index contributed by atoms with van der Waals surface area (Å²) in [6.07, 6.45) is 2.14. The minimum absolute atomic E-state index is 0.0405. The number of aliphatic imine (C=N–C) groups is 1. The van der Waals surface area contributed by atoms with Crippen molar-refractivity contribution in [1.29, 1.82) is 0 Å². The van der Waals surface area contributed by atoms with Crippen LogP contribution in [-0.4, -0.2) is 26.4 Å². The molecule has 2 aliphatic rings. The summed E-state index contributed by atoms with van der Waals surface area (Å²) in [7, 11) is 0. The molecule has 0 spiro atoms. The van der Waals surface area contributed by atoms with Gasteiger partial charge in [0.2, 0.25) is 5.88 Å². The Bertz CT molecular complexity index is 1430. The molecular weight excluding hydrogens is 440 g/mol. The molecule has 1 aliphatic carbocycles. The minimum atomic E-state index is 0.0405. The van der Waals surface area contributed by atoms with Crippen molar-refractivity contribution in [2.75, 3.05) is 0 Å². The Morgan fingerprint density at radius 1 is 0.971 bits per heavy atom. The molecule has 1 N–H and O–H groups in total. The van der Waals surface area contributed by atoms with Crippen molar-refractivity contribution in [1.82, 2.24) is 4.98 Å². The fraction of sp³-hybridized carbons (Fsp3) is 0.241. The second-order valence-electron chi connectivity index (χ2n) is 9.59. The molecule has 4 nitrogen and oxygen atoms in total. The van der Waals surface area contributed by atoms with Crippen molar-refractivity contribution in [3.63, 3.8) is 0 Å². The molecule has 170 valence electrons. The molecule has 2 atom stereocenters. The van der Waals surface area contributed by atoms with Gasteiger partial charge >= 0.3 is 0 Å². The zero-order chi connectivity index (χ0) is 23.3. The maximum Gasteiger partial charge on any atom is 0.219 e. The Balaban J connectivity index is 1.27. The van der Waals surface area contributed by atoms with Crippen molar-refractivity contribution in [3.8, 4) is 17.4 Å². The molecule has 5 heteroatoms. The van der Waals surface area contributed by atoms with Gasteiger partial charge in [-0.05, 0) is 48.2 Å². The van der Waals surface area contributed by atoms with Crippen molar-refractivity contribution < 1.29 is 9.84 Å². The molecule has 0 fully saturated rings. The molecule has 0 radical (unpaired) electrons. The molecule has 0 bridgehead atoms. The summed E-state index contributed by atoms with van der Waals surface area (Å²) in [5.41, 5.74) is 4.56. The van der Waals surface area contributed by atoms with E-state index in [1.165, 1.54) is 11.1 Å². The average molecular weight is 467 g/mol. The Morgan fingerprint density at radius 3 is 2.74 bits per heavy atom. The molecular formula is C29H26N2O2S. The van der Waals surface area contributed by atoms with Gasteiger partial charge in [0.25, 0.3) is 0 Å². The maximum atomic E-state index is 10.1. The lowest BCUT2D eigenvalue weighted by molar-refractivity contribution is 0.449. The number of rotatable bonds is 3. The number of nitrogens with zero attached hydrogens (tertiary/aromatic N) is 2. The summed E-state index contributed by atoms with van der Waals surface area (Å²) < 4.78 is 6.08. The Hall–Kier alpha value is -3.31. The van der Waals surface area contributed by atoms with Gasteiger partial charge in [0.15, 0.2) is 0 Å². The van der Waals surface area contributed by atoms with E-state index in [-0.39, 0.29) is 11.2 Å². The van der Waals surface area contributed by atoms with Gasteiger partial charge in [0.05, 0.1) is 11.1 Å². The highest BCUT2D eigenvalue weighted by molar-refractivity contribution is 8.15. The van der Waals surface area contributed by atoms with Gasteiger partial charge in [-0.1, -0.05) is 74.1 Å². The van der Waals surface area contributed by atoms with E-state index in [1.807, 2.05) is 54.2 Å². The standard InChI is InChI=1S/C29H26N2O2S/c1-29(2)22-11-4-3-7-18(22)13-15-23-27(29)34-28(30-23)20-9-5-10-21(17-20)33-25-16-14-19-8-6-12-24(32)26(19)31-25/h3-12,14,16-17,23,27,32H,13,15H2,1-2H3/t23-,27+/m0/s1. The molecule has 2 heterocycles. The number of hydrogen-bond donors (Lipinski definition) is 1. The summed E-state index contributed by atoms with van der Waals surface area (Å²) in [6, 6.07) is 26.3. The third kappa shape index (κ3) is 3.64. The van der Waals surface area contributed by atoms with E-state index in [0.29, 0.717) is 28.4 Å². The maximum absolute atomic E-state index is 10.1. The topological polar surface area (TPSA) is 54.7 Å². The molecule has 4 aromatic rings. The zero-order valence-electron chi connectivity index (χ0n) is 19.2.